The molecule has 0 nitrogen and oxygen atoms in total. The highest BCUT2D eigenvalue weighted by Crippen LogP contribution is 2.54. The molecule has 6 aromatic rings. The van der Waals surface area contributed by atoms with E-state index in [-0.39, 0.29) is 0 Å². The fourth-order valence-electron chi connectivity index (χ4n) is 5.99. The number of allylic oxidation sites excluding steroid dienone is 3. The van der Waals surface area contributed by atoms with E-state index in [2.05, 4.69) is 140 Å². The first-order chi connectivity index (χ1) is 21.7. The first-order valence-electron chi connectivity index (χ1n) is 14.7. The van der Waals surface area contributed by atoms with Crippen LogP contribution in [0.2, 0.25) is 0 Å². The molecular weight excluding hydrogens is 609 g/mol. The molecule has 0 atom stereocenters. The molecule has 0 fully saturated rings. The maximum atomic E-state index is 2.43. The Morgan fingerprint density at radius 2 is 1.43 bits per heavy atom. The van der Waals surface area contributed by atoms with Gasteiger partial charge in [-0.3, -0.25) is 0 Å². The minimum atomic E-state index is 0.999. The molecule has 3 aromatic carbocycles. The van der Waals surface area contributed by atoms with Gasteiger partial charge < -0.3 is 0 Å². The van der Waals surface area contributed by atoms with Gasteiger partial charge in [0.25, 0.3) is 0 Å². The molecule has 9 rings (SSSR count). The summed E-state index contributed by atoms with van der Waals surface area (Å²) in [4.78, 5) is 5.36. The van der Waals surface area contributed by atoms with Crippen molar-refractivity contribution in [2.24, 2.45) is 0 Å². The zero-order valence-electron chi connectivity index (χ0n) is 23.6. The maximum Gasteiger partial charge on any atom is 0.0886 e. The van der Waals surface area contributed by atoms with Gasteiger partial charge in [-0.15, -0.1) is 45.8 Å². The fourth-order valence-corrected chi connectivity index (χ4v) is 10.9. The van der Waals surface area contributed by atoms with E-state index in [1.807, 2.05) is 45.8 Å². The van der Waals surface area contributed by atoms with Gasteiger partial charge in [-0.05, 0) is 87.5 Å². The SMILES string of the molecule is C1=Cc2ccc(/C=C/c3cc4sc5c(c4s3)=C[C]3Sc4cc(/C=C/c6ccc7ccccc7c6)sc4C3=CC=5)cc2C=CC1. The third-order valence-electron chi connectivity index (χ3n) is 8.20. The van der Waals surface area contributed by atoms with Crippen LogP contribution in [0.5, 0.6) is 0 Å². The Bertz CT molecular complexity index is 2400. The molecule has 0 bridgehead atoms. The highest BCUT2D eigenvalue weighted by atomic mass is 32.2. The third kappa shape index (κ3) is 4.83. The molecule has 0 saturated heterocycles. The summed E-state index contributed by atoms with van der Waals surface area (Å²) >= 11 is 7.62. The van der Waals surface area contributed by atoms with Crippen LogP contribution in [-0.4, -0.2) is 0 Å². The van der Waals surface area contributed by atoms with Crippen molar-refractivity contribution >= 4 is 120 Å². The normalized spacial score (nSPS) is 15.6. The van der Waals surface area contributed by atoms with Gasteiger partial charge in [0.1, 0.15) is 0 Å². The Morgan fingerprint density at radius 3 is 2.34 bits per heavy atom. The van der Waals surface area contributed by atoms with E-state index in [0.29, 0.717) is 0 Å². The number of benzene rings is 3. The van der Waals surface area contributed by atoms with E-state index in [1.54, 1.807) is 0 Å². The average molecular weight is 634 g/mol. The maximum absolute atomic E-state index is 2.43. The summed E-state index contributed by atoms with van der Waals surface area (Å²) in [6.45, 7) is 0. The van der Waals surface area contributed by atoms with Crippen LogP contribution < -0.4 is 9.75 Å². The molecule has 1 aliphatic heterocycles. The zero-order valence-corrected chi connectivity index (χ0v) is 26.9. The molecule has 4 heterocycles. The third-order valence-corrected chi connectivity index (χ3v) is 12.9. The zero-order chi connectivity index (χ0) is 29.0. The van der Waals surface area contributed by atoms with Crippen molar-refractivity contribution in [3.8, 4) is 0 Å². The lowest BCUT2D eigenvalue weighted by molar-refractivity contribution is 1.44. The van der Waals surface area contributed by atoms with Crippen LogP contribution >= 0.6 is 45.8 Å². The van der Waals surface area contributed by atoms with Gasteiger partial charge in [-0.2, -0.15) is 0 Å². The van der Waals surface area contributed by atoms with Crippen LogP contribution in [0.1, 0.15) is 43.3 Å². The Kier molecular flexibility index (Phi) is 6.56. The minimum absolute atomic E-state index is 0.999. The number of hydrogen-bond acceptors (Lipinski definition) is 4. The van der Waals surface area contributed by atoms with Crippen molar-refractivity contribution in [3.05, 3.63) is 143 Å². The summed E-state index contributed by atoms with van der Waals surface area (Å²) in [5.74, 6) is 0. The highest BCUT2D eigenvalue weighted by molar-refractivity contribution is 8.03. The fraction of sp³-hybridized carbons (Fsp3) is 0.0250. The molecule has 2 aliphatic carbocycles. The standard InChI is InChI=1S/C40H25S4/c1-2-6-27-14-10-25(20-29(27)8-3-1)13-17-32-23-38-40(42-32)34-24-36-33(18-19-35(34)43-38)39-37(44-36)22-31(41-39)16-12-26-11-15-28-7-4-5-9-30(28)21-26/h2-24H,1H2/b16-12+,17-13+. The molecule has 0 spiro atoms. The molecule has 3 aromatic heterocycles. The second-order valence-corrected chi connectivity index (χ2v) is 15.5. The molecule has 0 N–H and O–H groups in total. The Labute approximate surface area is 272 Å². The molecule has 209 valence electrons. The molecule has 44 heavy (non-hydrogen) atoms. The summed E-state index contributed by atoms with van der Waals surface area (Å²) < 4.78 is 4.13. The number of hydrogen-bond donors (Lipinski definition) is 0. The van der Waals surface area contributed by atoms with Crippen molar-refractivity contribution in [3.63, 3.8) is 0 Å². The van der Waals surface area contributed by atoms with Gasteiger partial charge >= 0.3 is 0 Å². The lowest BCUT2D eigenvalue weighted by atomic mass is 10.0. The predicted molar refractivity (Wildman–Crippen MR) is 200 cm³/mol. The van der Waals surface area contributed by atoms with Gasteiger partial charge in [0, 0.05) is 34.0 Å². The first-order valence-corrected chi connectivity index (χ1v) is 18.0. The summed E-state index contributed by atoms with van der Waals surface area (Å²) in [5, 5.41) is 5.30. The molecule has 0 amide bonds. The average Bonchev–Trinajstić information content (AvgIpc) is 3.71. The van der Waals surface area contributed by atoms with Gasteiger partial charge in [0.05, 0.1) is 9.95 Å². The van der Waals surface area contributed by atoms with Crippen molar-refractivity contribution in [1.82, 2.24) is 0 Å². The van der Waals surface area contributed by atoms with Crippen LogP contribution in [0.3, 0.4) is 0 Å². The van der Waals surface area contributed by atoms with E-state index in [4.69, 9.17) is 0 Å². The largest absolute Gasteiger partial charge is 0.135 e. The van der Waals surface area contributed by atoms with Crippen molar-refractivity contribution in [1.29, 1.82) is 0 Å². The van der Waals surface area contributed by atoms with Gasteiger partial charge in [0.2, 0.25) is 0 Å². The van der Waals surface area contributed by atoms with Crippen LogP contribution in [0.15, 0.2) is 95.9 Å². The van der Waals surface area contributed by atoms with Crippen LogP contribution in [0.4, 0.5) is 0 Å². The van der Waals surface area contributed by atoms with Crippen molar-refractivity contribution in [2.75, 3.05) is 0 Å². The van der Waals surface area contributed by atoms with Gasteiger partial charge in [-0.25, -0.2) is 0 Å². The number of fused-ring (bicyclic) bond motifs is 8. The molecular formula is C40H25S4. The minimum Gasteiger partial charge on any atom is -0.135 e. The van der Waals surface area contributed by atoms with E-state index in [1.165, 1.54) is 82.5 Å². The monoisotopic (exact) mass is 633 g/mol. The van der Waals surface area contributed by atoms with Gasteiger partial charge in [-0.1, -0.05) is 97.1 Å². The van der Waals surface area contributed by atoms with E-state index in [9.17, 15) is 0 Å². The van der Waals surface area contributed by atoms with E-state index in [0.717, 1.165) is 6.42 Å². The smallest absolute Gasteiger partial charge is 0.0886 e. The van der Waals surface area contributed by atoms with E-state index >= 15 is 0 Å². The van der Waals surface area contributed by atoms with Crippen molar-refractivity contribution < 1.29 is 0 Å². The number of rotatable bonds is 4. The highest BCUT2D eigenvalue weighted by Gasteiger charge is 2.30. The Hall–Kier alpha value is -3.93. The lowest BCUT2D eigenvalue weighted by Gasteiger charge is -2.03. The lowest BCUT2D eigenvalue weighted by Crippen LogP contribution is -2.17. The van der Waals surface area contributed by atoms with Crippen molar-refractivity contribution in [2.45, 2.75) is 11.3 Å². The molecule has 1 radical (unpaired) electrons. The second-order valence-electron chi connectivity index (χ2n) is 11.1. The van der Waals surface area contributed by atoms with E-state index < -0.39 is 0 Å². The first kappa shape index (κ1) is 26.5. The van der Waals surface area contributed by atoms with Crippen LogP contribution in [0, 0.1) is 5.25 Å². The topological polar surface area (TPSA) is 0 Å². The number of thiophene rings is 3. The summed E-state index contributed by atoms with van der Waals surface area (Å²) in [5.41, 5.74) is 6.42. The van der Waals surface area contributed by atoms with Crippen LogP contribution in [-0.2, 0) is 0 Å². The molecule has 0 saturated carbocycles. The van der Waals surface area contributed by atoms with Gasteiger partial charge in [0.15, 0.2) is 0 Å². The molecule has 3 aliphatic rings. The molecule has 0 unspecified atom stereocenters. The molecule has 4 heteroatoms. The number of thioether (sulfide) groups is 1. The Balaban J connectivity index is 0.974. The predicted octanol–water partition coefficient (Wildman–Crippen LogP) is 11.2. The Morgan fingerprint density at radius 1 is 0.636 bits per heavy atom. The second kappa shape index (κ2) is 10.9. The van der Waals surface area contributed by atoms with Crippen LogP contribution in [0.25, 0.3) is 74.4 Å². The quantitative estimate of drug-likeness (QED) is 0.186. The summed E-state index contributed by atoms with van der Waals surface area (Å²) in [6, 6.07) is 26.6. The summed E-state index contributed by atoms with van der Waals surface area (Å²) in [7, 11) is 0. The summed E-state index contributed by atoms with van der Waals surface area (Å²) in [6.07, 6.45) is 26.0.